The van der Waals surface area contributed by atoms with Crippen LogP contribution in [0.5, 0.6) is 0 Å². The molecule has 1 aliphatic rings. The van der Waals surface area contributed by atoms with Crippen LogP contribution < -0.4 is 5.73 Å². The van der Waals surface area contributed by atoms with E-state index in [0.717, 1.165) is 24.8 Å². The van der Waals surface area contributed by atoms with Crippen molar-refractivity contribution in [2.24, 2.45) is 0 Å². The zero-order chi connectivity index (χ0) is 27.9. The summed E-state index contributed by atoms with van der Waals surface area (Å²) in [6.07, 6.45) is 0.654. The van der Waals surface area contributed by atoms with Gasteiger partial charge >= 0.3 is 12.1 Å². The van der Waals surface area contributed by atoms with Gasteiger partial charge in [-0.2, -0.15) is 13.2 Å². The number of carbonyl (C=O) groups is 2. The van der Waals surface area contributed by atoms with E-state index >= 15 is 0 Å². The van der Waals surface area contributed by atoms with Gasteiger partial charge in [0.15, 0.2) is 5.78 Å². The van der Waals surface area contributed by atoms with Gasteiger partial charge in [-0.15, -0.1) is 0 Å². The number of aliphatic carboxylic acids is 1. The number of nitrogen functional groups attached to an aromatic ring is 1. The predicted molar refractivity (Wildman–Crippen MR) is 136 cm³/mol. The summed E-state index contributed by atoms with van der Waals surface area (Å²) in [6.45, 7) is 0.601. The predicted octanol–water partition coefficient (Wildman–Crippen LogP) is 4.08. The second kappa shape index (κ2) is 10.1. The Morgan fingerprint density at radius 3 is 2.56 bits per heavy atom. The summed E-state index contributed by atoms with van der Waals surface area (Å²) >= 11 is 0. The van der Waals surface area contributed by atoms with Crippen molar-refractivity contribution >= 4 is 23.1 Å². The highest BCUT2D eigenvalue weighted by atomic mass is 19.4. The summed E-state index contributed by atoms with van der Waals surface area (Å²) in [5.74, 6) is -0.443. The lowest BCUT2D eigenvalue weighted by Crippen LogP contribution is -2.44. The van der Waals surface area contributed by atoms with Gasteiger partial charge in [0.1, 0.15) is 28.9 Å². The Labute approximate surface area is 221 Å². The number of nitrogens with two attached hydrogens (primary N) is 1. The highest BCUT2D eigenvalue weighted by Crippen LogP contribution is 2.36. The Hall–Kier alpha value is -4.32. The van der Waals surface area contributed by atoms with Gasteiger partial charge in [-0.3, -0.25) is 23.9 Å². The number of rotatable bonds is 6. The zero-order valence-corrected chi connectivity index (χ0v) is 20.9. The zero-order valence-electron chi connectivity index (χ0n) is 20.9. The van der Waals surface area contributed by atoms with Gasteiger partial charge < -0.3 is 10.8 Å². The maximum Gasteiger partial charge on any atom is 0.416 e. The number of halogens is 3. The maximum absolute atomic E-state index is 13.0. The molecular weight excluding hydrogens is 513 g/mol. The molecule has 12 heteroatoms. The Kier molecular flexibility index (Phi) is 6.81. The van der Waals surface area contributed by atoms with E-state index in [1.54, 1.807) is 43.7 Å². The van der Waals surface area contributed by atoms with Crippen molar-refractivity contribution < 1.29 is 27.9 Å². The molecule has 1 aromatic carbocycles. The molecule has 3 aromatic heterocycles. The van der Waals surface area contributed by atoms with Crippen LogP contribution >= 0.6 is 0 Å². The number of aromatic nitrogens is 4. The monoisotopic (exact) mass is 538 g/mol. The van der Waals surface area contributed by atoms with Gasteiger partial charge in [0.05, 0.1) is 12.0 Å². The number of alkyl halides is 3. The molecule has 0 bridgehead atoms. The SMILES string of the molecule is CN1CC[C@H](c2nc(-c3ccc(C(=O)Cc4cc(C(F)(F)F)ccn4)cc3)c3c(N)nccn23)C[C@@H]1C(=O)O. The lowest BCUT2D eigenvalue weighted by Gasteiger charge is -2.33. The molecule has 9 nitrogen and oxygen atoms in total. The minimum absolute atomic E-state index is 0.0280. The number of piperidine rings is 1. The molecule has 0 aliphatic carbocycles. The summed E-state index contributed by atoms with van der Waals surface area (Å²) < 4.78 is 40.8. The van der Waals surface area contributed by atoms with Gasteiger partial charge in [-0.25, -0.2) is 9.97 Å². The Morgan fingerprint density at radius 1 is 1.13 bits per heavy atom. The van der Waals surface area contributed by atoms with E-state index in [1.807, 2.05) is 9.30 Å². The highest BCUT2D eigenvalue weighted by Gasteiger charge is 2.34. The first-order valence-corrected chi connectivity index (χ1v) is 12.2. The van der Waals surface area contributed by atoms with E-state index in [4.69, 9.17) is 10.7 Å². The number of imidazole rings is 1. The van der Waals surface area contributed by atoms with Gasteiger partial charge in [-0.1, -0.05) is 24.3 Å². The number of benzene rings is 1. The van der Waals surface area contributed by atoms with Gasteiger partial charge in [-0.05, 0) is 38.6 Å². The molecule has 0 radical (unpaired) electrons. The number of carbonyl (C=O) groups excluding carboxylic acids is 1. The number of fused-ring (bicyclic) bond motifs is 1. The van der Waals surface area contributed by atoms with Crippen molar-refractivity contribution in [3.05, 3.63) is 77.6 Å². The molecule has 0 spiro atoms. The van der Waals surface area contributed by atoms with E-state index in [-0.39, 0.29) is 29.6 Å². The van der Waals surface area contributed by atoms with Crippen LogP contribution in [0.2, 0.25) is 0 Å². The Balaban J connectivity index is 1.44. The molecule has 0 amide bonds. The first-order chi connectivity index (χ1) is 18.5. The Morgan fingerprint density at radius 2 is 1.87 bits per heavy atom. The van der Waals surface area contributed by atoms with E-state index in [1.165, 1.54) is 0 Å². The van der Waals surface area contributed by atoms with Crippen LogP contribution in [0.3, 0.4) is 0 Å². The lowest BCUT2D eigenvalue weighted by molar-refractivity contribution is -0.144. The number of likely N-dealkylation sites (N-methyl/N-ethyl adjacent to an activating group) is 1. The molecule has 0 saturated carbocycles. The number of nitrogens with zero attached hydrogens (tertiary/aromatic N) is 5. The number of anilines is 1. The van der Waals surface area contributed by atoms with Crippen LogP contribution in [0.15, 0.2) is 55.0 Å². The first-order valence-electron chi connectivity index (χ1n) is 12.2. The largest absolute Gasteiger partial charge is 0.480 e. The summed E-state index contributed by atoms with van der Waals surface area (Å²) in [7, 11) is 1.79. The normalized spacial score (nSPS) is 18.4. The highest BCUT2D eigenvalue weighted by molar-refractivity contribution is 5.98. The summed E-state index contributed by atoms with van der Waals surface area (Å²) in [6, 6.07) is 7.66. The van der Waals surface area contributed by atoms with E-state index in [0.29, 0.717) is 41.1 Å². The van der Waals surface area contributed by atoms with Crippen LogP contribution in [-0.2, 0) is 17.4 Å². The summed E-state index contributed by atoms with van der Waals surface area (Å²) in [4.78, 5) is 39.3. The van der Waals surface area contributed by atoms with Crippen molar-refractivity contribution in [2.75, 3.05) is 19.3 Å². The number of carboxylic acid groups (broad SMARTS) is 1. The topological polar surface area (TPSA) is 127 Å². The second-order valence-corrected chi connectivity index (χ2v) is 9.62. The quantitative estimate of drug-likeness (QED) is 0.352. The molecule has 0 unspecified atom stereocenters. The molecule has 1 fully saturated rings. The van der Waals surface area contributed by atoms with Crippen molar-refractivity contribution in [1.29, 1.82) is 0 Å². The third-order valence-electron chi connectivity index (χ3n) is 7.10. The standard InChI is InChI=1S/C27H25F3N6O3/c1-35-10-7-17(12-20(35)26(38)39)25-34-22(23-24(31)33-9-11-36(23)25)16-4-2-15(3-5-16)21(37)14-19-13-18(6-8-32-19)27(28,29)30/h2-6,8-9,11,13,17,20H,7,10,12,14H2,1H3,(H2,31,33)(H,38,39)/t17-,20+/m0/s1. The number of carboxylic acids is 1. The molecule has 1 aliphatic heterocycles. The Bertz CT molecular complexity index is 1550. The number of pyridine rings is 1. The van der Waals surface area contributed by atoms with Gasteiger partial charge in [0.2, 0.25) is 0 Å². The molecule has 2 atom stereocenters. The summed E-state index contributed by atoms with van der Waals surface area (Å²) in [5.41, 5.74) is 7.49. The molecule has 39 heavy (non-hydrogen) atoms. The number of hydrogen-bond donors (Lipinski definition) is 2. The van der Waals surface area contributed by atoms with Crippen LogP contribution in [-0.4, -0.2) is 60.7 Å². The third kappa shape index (κ3) is 5.19. The third-order valence-corrected chi connectivity index (χ3v) is 7.10. The number of hydrogen-bond acceptors (Lipinski definition) is 7. The molecular formula is C27H25F3N6O3. The van der Waals surface area contributed by atoms with E-state index in [2.05, 4.69) is 9.97 Å². The average molecular weight is 539 g/mol. The van der Waals surface area contributed by atoms with Crippen LogP contribution in [0.25, 0.3) is 16.8 Å². The lowest BCUT2D eigenvalue weighted by atomic mass is 9.90. The van der Waals surface area contributed by atoms with E-state index in [9.17, 15) is 27.9 Å². The molecule has 1 saturated heterocycles. The van der Waals surface area contributed by atoms with Crippen molar-refractivity contribution in [3.8, 4) is 11.3 Å². The van der Waals surface area contributed by atoms with Gasteiger partial charge in [0, 0.05) is 41.3 Å². The molecule has 202 valence electrons. The van der Waals surface area contributed by atoms with Crippen LogP contribution in [0.1, 0.15) is 46.2 Å². The molecule has 4 aromatic rings. The number of ketones is 1. The fraction of sp³-hybridized carbons (Fsp3) is 0.296. The smallest absolute Gasteiger partial charge is 0.416 e. The molecule has 3 N–H and O–H groups in total. The first kappa shape index (κ1) is 26.3. The van der Waals surface area contributed by atoms with Crippen molar-refractivity contribution in [3.63, 3.8) is 0 Å². The average Bonchev–Trinajstić information content (AvgIpc) is 3.29. The minimum atomic E-state index is -4.52. The second-order valence-electron chi connectivity index (χ2n) is 9.62. The minimum Gasteiger partial charge on any atom is -0.480 e. The van der Waals surface area contributed by atoms with Crippen LogP contribution in [0, 0.1) is 0 Å². The fourth-order valence-electron chi connectivity index (χ4n) is 5.01. The number of Topliss-reactive ketones (excluding diaryl/α,β-unsaturated/α-hetero) is 1. The van der Waals surface area contributed by atoms with Crippen LogP contribution in [0.4, 0.5) is 19.0 Å². The van der Waals surface area contributed by atoms with Crippen molar-refractivity contribution in [2.45, 2.75) is 37.4 Å². The fourth-order valence-corrected chi connectivity index (χ4v) is 5.01. The van der Waals surface area contributed by atoms with E-state index < -0.39 is 23.8 Å². The maximum atomic E-state index is 13.0. The summed E-state index contributed by atoms with van der Waals surface area (Å²) in [5, 5.41) is 9.65. The number of likely N-dealkylation sites (tertiary alicyclic amines) is 1. The molecule has 4 heterocycles. The van der Waals surface area contributed by atoms with Crippen molar-refractivity contribution in [1.82, 2.24) is 24.3 Å². The molecule has 5 rings (SSSR count). The van der Waals surface area contributed by atoms with Gasteiger partial charge in [0.25, 0.3) is 0 Å².